The van der Waals surface area contributed by atoms with E-state index < -0.39 is 12.1 Å². The van der Waals surface area contributed by atoms with E-state index in [0.29, 0.717) is 28.2 Å². The van der Waals surface area contributed by atoms with Crippen LogP contribution in [-0.4, -0.2) is 56.6 Å². The van der Waals surface area contributed by atoms with Crippen LogP contribution in [0.15, 0.2) is 29.6 Å². The van der Waals surface area contributed by atoms with Crippen molar-refractivity contribution in [2.75, 3.05) is 16.9 Å². The van der Waals surface area contributed by atoms with Gasteiger partial charge in [-0.25, -0.2) is 9.78 Å². The number of aromatic nitrogens is 1. The third-order valence-corrected chi connectivity index (χ3v) is 6.29. The molecule has 8 nitrogen and oxygen atoms in total. The van der Waals surface area contributed by atoms with Crippen LogP contribution in [0.5, 0.6) is 0 Å². The summed E-state index contributed by atoms with van der Waals surface area (Å²) in [6.07, 6.45) is 0.984. The van der Waals surface area contributed by atoms with Crippen molar-refractivity contribution in [2.24, 2.45) is 0 Å². The summed E-state index contributed by atoms with van der Waals surface area (Å²) in [6.45, 7) is 0. The van der Waals surface area contributed by atoms with E-state index in [9.17, 15) is 14.4 Å². The molecule has 3 N–H and O–H groups in total. The molecule has 1 saturated heterocycles. The zero-order chi connectivity index (χ0) is 19.7. The van der Waals surface area contributed by atoms with Gasteiger partial charge in [-0.3, -0.25) is 14.5 Å². The zero-order valence-corrected chi connectivity index (χ0v) is 16.4. The summed E-state index contributed by atoms with van der Waals surface area (Å²) in [5, 5.41) is 17.0. The van der Waals surface area contributed by atoms with Gasteiger partial charge in [-0.05, 0) is 25.0 Å². The molecule has 2 heterocycles. The molecule has 1 aromatic heterocycles. The number of amides is 3. The molecule has 3 amide bonds. The Morgan fingerprint density at radius 1 is 1.18 bits per heavy atom. The second kappa shape index (κ2) is 7.80. The quantitative estimate of drug-likeness (QED) is 0.688. The van der Waals surface area contributed by atoms with Gasteiger partial charge >= 0.3 is 6.09 Å². The molecule has 1 aliphatic carbocycles. The van der Waals surface area contributed by atoms with Gasteiger partial charge in [0.1, 0.15) is 6.04 Å². The van der Waals surface area contributed by atoms with Crippen LogP contribution in [0.25, 0.3) is 11.3 Å². The lowest BCUT2D eigenvalue weighted by molar-refractivity contribution is -0.119. The molecule has 2 fully saturated rings. The van der Waals surface area contributed by atoms with Gasteiger partial charge in [0.15, 0.2) is 5.13 Å². The predicted octanol–water partition coefficient (Wildman–Crippen LogP) is 2.69. The van der Waals surface area contributed by atoms with Crippen molar-refractivity contribution in [3.63, 3.8) is 0 Å². The van der Waals surface area contributed by atoms with Crippen LogP contribution < -0.4 is 10.6 Å². The smallest absolute Gasteiger partial charge is 0.408 e. The molecular weight excluding hydrogens is 400 g/mol. The Morgan fingerprint density at radius 2 is 1.93 bits per heavy atom. The van der Waals surface area contributed by atoms with Crippen molar-refractivity contribution in [1.82, 2.24) is 15.2 Å². The molecule has 1 atom stereocenters. The van der Waals surface area contributed by atoms with Gasteiger partial charge in [0.05, 0.1) is 11.6 Å². The summed E-state index contributed by atoms with van der Waals surface area (Å²) in [4.78, 5) is 41.1. The highest BCUT2D eigenvalue weighted by molar-refractivity contribution is 7.99. The first kappa shape index (κ1) is 18.8. The Labute approximate surface area is 169 Å². The number of carbonyl (C=O) groups excluding carboxylic acids is 2. The molecule has 4 rings (SSSR count). The lowest BCUT2D eigenvalue weighted by atomic mass is 10.1. The van der Waals surface area contributed by atoms with Crippen LogP contribution in [0.2, 0.25) is 0 Å². The highest BCUT2D eigenvalue weighted by Gasteiger charge is 2.35. The Morgan fingerprint density at radius 3 is 2.61 bits per heavy atom. The van der Waals surface area contributed by atoms with Crippen molar-refractivity contribution in [2.45, 2.75) is 24.9 Å². The van der Waals surface area contributed by atoms with E-state index >= 15 is 0 Å². The van der Waals surface area contributed by atoms with Crippen molar-refractivity contribution in [1.29, 1.82) is 0 Å². The number of hydrogen-bond acceptors (Lipinski definition) is 6. The minimum Gasteiger partial charge on any atom is -0.465 e. The number of carboxylic acid groups (broad SMARTS) is 1. The monoisotopic (exact) mass is 418 g/mol. The van der Waals surface area contributed by atoms with Crippen LogP contribution in [0.4, 0.5) is 9.93 Å². The van der Waals surface area contributed by atoms with Gasteiger partial charge < -0.3 is 15.7 Å². The third-order valence-electron chi connectivity index (χ3n) is 4.52. The van der Waals surface area contributed by atoms with Crippen molar-refractivity contribution in [3.05, 3.63) is 35.2 Å². The number of thioether (sulfide) groups is 1. The summed E-state index contributed by atoms with van der Waals surface area (Å²) >= 11 is 2.68. The first-order chi connectivity index (χ1) is 13.5. The molecule has 1 aromatic carbocycles. The van der Waals surface area contributed by atoms with Gasteiger partial charge in [0.2, 0.25) is 5.91 Å². The number of carbonyl (C=O) groups is 3. The standard InChI is InChI=1S/C18H18N4O4S2/c23-15(19-12-5-6-12)11-3-1-10(2-4-11)13-7-28-17(20-13)21-16(24)14-8-27-9-22(14)18(25)26/h1-4,7,12,14H,5-6,8-9H2,(H,19,23)(H,25,26)(H,20,21,24). The maximum atomic E-state index is 12.4. The largest absolute Gasteiger partial charge is 0.465 e. The Balaban J connectivity index is 1.40. The van der Waals surface area contributed by atoms with Gasteiger partial charge in [0, 0.05) is 28.3 Å². The fourth-order valence-electron chi connectivity index (χ4n) is 2.79. The SMILES string of the molecule is O=C(NC1CC1)c1ccc(-c2csc(NC(=O)C3CSCN3C(=O)O)n2)cc1. The molecule has 0 radical (unpaired) electrons. The number of nitrogens with one attached hydrogen (secondary N) is 2. The molecule has 1 unspecified atom stereocenters. The lowest BCUT2D eigenvalue weighted by Gasteiger charge is -2.18. The van der Waals surface area contributed by atoms with E-state index in [1.54, 1.807) is 12.1 Å². The summed E-state index contributed by atoms with van der Waals surface area (Å²) in [7, 11) is 0. The summed E-state index contributed by atoms with van der Waals surface area (Å²) < 4.78 is 0. The number of rotatable bonds is 5. The van der Waals surface area contributed by atoms with E-state index in [2.05, 4.69) is 15.6 Å². The molecule has 1 aliphatic heterocycles. The van der Waals surface area contributed by atoms with Crippen LogP contribution in [0.3, 0.4) is 0 Å². The van der Waals surface area contributed by atoms with E-state index in [1.807, 2.05) is 17.5 Å². The molecular formula is C18H18N4O4S2. The molecule has 0 bridgehead atoms. The van der Waals surface area contributed by atoms with E-state index in [1.165, 1.54) is 23.1 Å². The molecule has 2 aliphatic rings. The van der Waals surface area contributed by atoms with E-state index in [4.69, 9.17) is 5.11 Å². The zero-order valence-electron chi connectivity index (χ0n) is 14.8. The first-order valence-corrected chi connectivity index (χ1v) is 10.8. The predicted molar refractivity (Wildman–Crippen MR) is 108 cm³/mol. The molecule has 1 saturated carbocycles. The Hall–Kier alpha value is -2.59. The minimum absolute atomic E-state index is 0.0716. The average Bonchev–Trinajstić information content (AvgIpc) is 3.18. The highest BCUT2D eigenvalue weighted by atomic mass is 32.2. The average molecular weight is 419 g/mol. The minimum atomic E-state index is -1.10. The molecule has 28 heavy (non-hydrogen) atoms. The molecule has 2 aromatic rings. The number of hydrogen-bond donors (Lipinski definition) is 3. The number of benzene rings is 1. The number of thiazole rings is 1. The Kier molecular flexibility index (Phi) is 5.23. The van der Waals surface area contributed by atoms with Crippen molar-refractivity contribution in [3.8, 4) is 11.3 Å². The van der Waals surface area contributed by atoms with Crippen LogP contribution in [0, 0.1) is 0 Å². The second-order valence-corrected chi connectivity index (χ2v) is 8.48. The van der Waals surface area contributed by atoms with Crippen LogP contribution in [-0.2, 0) is 4.79 Å². The number of anilines is 1. The Bertz CT molecular complexity index is 911. The van der Waals surface area contributed by atoms with Gasteiger partial charge in [0.25, 0.3) is 5.91 Å². The summed E-state index contributed by atoms with van der Waals surface area (Å²) in [5.74, 6) is 0.274. The maximum Gasteiger partial charge on any atom is 0.408 e. The van der Waals surface area contributed by atoms with Crippen LogP contribution in [0.1, 0.15) is 23.2 Å². The van der Waals surface area contributed by atoms with Crippen molar-refractivity contribution < 1.29 is 19.5 Å². The topological polar surface area (TPSA) is 112 Å². The highest BCUT2D eigenvalue weighted by Crippen LogP contribution is 2.27. The fraction of sp³-hybridized carbons (Fsp3) is 0.333. The third kappa shape index (κ3) is 4.12. The fourth-order valence-corrected chi connectivity index (χ4v) is 4.66. The summed E-state index contributed by atoms with van der Waals surface area (Å²) in [5.41, 5.74) is 2.13. The maximum absolute atomic E-state index is 12.4. The molecule has 10 heteroatoms. The first-order valence-electron chi connectivity index (χ1n) is 8.76. The van der Waals surface area contributed by atoms with E-state index in [0.717, 1.165) is 23.3 Å². The van der Waals surface area contributed by atoms with E-state index in [-0.39, 0.29) is 17.7 Å². The second-order valence-electron chi connectivity index (χ2n) is 6.62. The molecule has 146 valence electrons. The van der Waals surface area contributed by atoms with Gasteiger partial charge in [-0.1, -0.05) is 12.1 Å². The lowest BCUT2D eigenvalue weighted by Crippen LogP contribution is -2.43. The van der Waals surface area contributed by atoms with Gasteiger partial charge in [-0.15, -0.1) is 23.1 Å². The molecule has 0 spiro atoms. The van der Waals surface area contributed by atoms with Crippen LogP contribution >= 0.6 is 23.1 Å². The number of nitrogens with zero attached hydrogens (tertiary/aromatic N) is 2. The summed E-state index contributed by atoms with van der Waals surface area (Å²) in [6, 6.07) is 6.76. The normalized spacial score (nSPS) is 18.7. The van der Waals surface area contributed by atoms with Crippen molar-refractivity contribution >= 4 is 46.1 Å². The van der Waals surface area contributed by atoms with Gasteiger partial charge in [-0.2, -0.15) is 0 Å².